The van der Waals surface area contributed by atoms with Crippen LogP contribution in [0.15, 0.2) is 18.2 Å². The fraction of sp³-hybridized carbons (Fsp3) is 0.500. The Labute approximate surface area is 109 Å². The number of aryl methyl sites for hydroxylation is 1. The fourth-order valence-corrected chi connectivity index (χ4v) is 1.46. The van der Waals surface area contributed by atoms with Crippen LogP contribution in [0.4, 0.5) is 5.69 Å². The van der Waals surface area contributed by atoms with E-state index >= 15 is 0 Å². The van der Waals surface area contributed by atoms with Crippen LogP contribution in [0.2, 0.25) is 0 Å². The summed E-state index contributed by atoms with van der Waals surface area (Å²) in [7, 11) is 0. The normalized spacial score (nSPS) is 13.0. The van der Waals surface area contributed by atoms with E-state index in [1.54, 1.807) is 0 Å². The Hall–Kier alpha value is -1.55. The molecule has 0 aliphatic carbocycles. The quantitative estimate of drug-likeness (QED) is 0.569. The van der Waals surface area contributed by atoms with Crippen molar-refractivity contribution in [2.24, 2.45) is 11.3 Å². The van der Waals surface area contributed by atoms with Gasteiger partial charge in [0, 0.05) is 6.04 Å². The maximum Gasteiger partial charge on any atom is 0.253 e. The van der Waals surface area contributed by atoms with Crippen LogP contribution in [0, 0.1) is 12.3 Å². The molecule has 1 rings (SSSR count). The molecular formula is C14H23N3O. The molecule has 0 spiro atoms. The standard InChI is InChI=1S/C14H23N3O/c1-9-6-7-12(17-15)11(8-9)13(18)16-10(2)14(3,4)5/h6-8,10,17H,15H2,1-5H3,(H,16,18). The van der Waals surface area contributed by atoms with E-state index in [9.17, 15) is 4.79 Å². The third-order valence-electron chi connectivity index (χ3n) is 3.22. The molecule has 18 heavy (non-hydrogen) atoms. The van der Waals surface area contributed by atoms with Crippen LogP contribution >= 0.6 is 0 Å². The van der Waals surface area contributed by atoms with E-state index in [1.165, 1.54) is 0 Å². The Kier molecular flexibility index (Phi) is 4.35. The van der Waals surface area contributed by atoms with Gasteiger partial charge in [-0.2, -0.15) is 0 Å². The molecule has 1 amide bonds. The maximum atomic E-state index is 12.2. The number of nitrogens with two attached hydrogens (primary N) is 1. The van der Waals surface area contributed by atoms with Crippen LogP contribution in [-0.2, 0) is 0 Å². The SMILES string of the molecule is Cc1ccc(NN)c(C(=O)NC(C)C(C)(C)C)c1. The van der Waals surface area contributed by atoms with Gasteiger partial charge in [-0.1, -0.05) is 32.4 Å². The summed E-state index contributed by atoms with van der Waals surface area (Å²) in [6.45, 7) is 10.2. The van der Waals surface area contributed by atoms with Gasteiger partial charge in [0.1, 0.15) is 0 Å². The number of amides is 1. The lowest BCUT2D eigenvalue weighted by Crippen LogP contribution is -2.41. The average molecular weight is 249 g/mol. The van der Waals surface area contributed by atoms with Crippen LogP contribution < -0.4 is 16.6 Å². The second kappa shape index (κ2) is 5.40. The van der Waals surface area contributed by atoms with Crippen LogP contribution in [0.25, 0.3) is 0 Å². The van der Waals surface area contributed by atoms with Crippen molar-refractivity contribution < 1.29 is 4.79 Å². The molecule has 0 fully saturated rings. The number of nitrogen functional groups attached to an aromatic ring is 1. The summed E-state index contributed by atoms with van der Waals surface area (Å²) in [5.41, 5.74) is 4.82. The summed E-state index contributed by atoms with van der Waals surface area (Å²) < 4.78 is 0. The number of rotatable bonds is 3. The molecule has 0 radical (unpaired) electrons. The Morgan fingerprint density at radius 3 is 2.44 bits per heavy atom. The van der Waals surface area contributed by atoms with E-state index in [0.717, 1.165) is 5.56 Å². The number of hydrogen-bond donors (Lipinski definition) is 3. The summed E-state index contributed by atoms with van der Waals surface area (Å²) in [6.07, 6.45) is 0. The van der Waals surface area contributed by atoms with Gasteiger partial charge in [-0.05, 0) is 31.4 Å². The summed E-state index contributed by atoms with van der Waals surface area (Å²) in [4.78, 5) is 12.2. The lowest BCUT2D eigenvalue weighted by Gasteiger charge is -2.28. The second-order valence-corrected chi connectivity index (χ2v) is 5.75. The Morgan fingerprint density at radius 2 is 1.94 bits per heavy atom. The summed E-state index contributed by atoms with van der Waals surface area (Å²) >= 11 is 0. The molecule has 100 valence electrons. The molecule has 0 aliphatic heterocycles. The first-order valence-corrected chi connectivity index (χ1v) is 6.14. The number of anilines is 1. The number of hydrogen-bond acceptors (Lipinski definition) is 3. The predicted octanol–water partition coefficient (Wildman–Crippen LogP) is 2.45. The maximum absolute atomic E-state index is 12.2. The molecular weight excluding hydrogens is 226 g/mol. The highest BCUT2D eigenvalue weighted by molar-refractivity contribution is 5.99. The summed E-state index contributed by atoms with van der Waals surface area (Å²) in [5.74, 6) is 5.32. The topological polar surface area (TPSA) is 67.1 Å². The molecule has 0 saturated carbocycles. The third kappa shape index (κ3) is 3.47. The van der Waals surface area contributed by atoms with Crippen molar-refractivity contribution in [1.82, 2.24) is 5.32 Å². The molecule has 0 bridgehead atoms. The third-order valence-corrected chi connectivity index (χ3v) is 3.22. The van der Waals surface area contributed by atoms with E-state index in [1.807, 2.05) is 32.0 Å². The average Bonchev–Trinajstić information content (AvgIpc) is 2.27. The van der Waals surface area contributed by atoms with Crippen molar-refractivity contribution in [3.05, 3.63) is 29.3 Å². The number of nitrogens with one attached hydrogen (secondary N) is 2. The highest BCUT2D eigenvalue weighted by Crippen LogP contribution is 2.21. The molecule has 4 N–H and O–H groups in total. The van der Waals surface area contributed by atoms with Gasteiger partial charge in [0.25, 0.3) is 5.91 Å². The van der Waals surface area contributed by atoms with E-state index in [2.05, 4.69) is 31.5 Å². The highest BCUT2D eigenvalue weighted by atomic mass is 16.1. The van der Waals surface area contributed by atoms with Crippen LogP contribution in [0.1, 0.15) is 43.6 Å². The molecule has 0 aromatic heterocycles. The minimum absolute atomic E-state index is 0.0236. The van der Waals surface area contributed by atoms with Crippen molar-refractivity contribution >= 4 is 11.6 Å². The Bertz CT molecular complexity index is 435. The molecule has 1 unspecified atom stereocenters. The van der Waals surface area contributed by atoms with Gasteiger partial charge in [-0.3, -0.25) is 10.6 Å². The number of carbonyl (C=O) groups excluding carboxylic acids is 1. The molecule has 0 aliphatic rings. The van der Waals surface area contributed by atoms with E-state index in [0.29, 0.717) is 11.3 Å². The van der Waals surface area contributed by atoms with Gasteiger partial charge in [0.05, 0.1) is 11.3 Å². The van der Waals surface area contributed by atoms with Crippen molar-refractivity contribution in [2.75, 3.05) is 5.43 Å². The molecule has 4 heteroatoms. The Balaban J connectivity index is 2.94. The second-order valence-electron chi connectivity index (χ2n) is 5.75. The first-order chi connectivity index (χ1) is 8.25. The van der Waals surface area contributed by atoms with Crippen molar-refractivity contribution in [3.8, 4) is 0 Å². The van der Waals surface area contributed by atoms with Gasteiger partial charge in [0.15, 0.2) is 0 Å². The summed E-state index contributed by atoms with van der Waals surface area (Å²) in [6, 6.07) is 5.64. The van der Waals surface area contributed by atoms with Crippen LogP contribution in [0.5, 0.6) is 0 Å². The lowest BCUT2D eigenvalue weighted by molar-refractivity contribution is 0.0911. The number of benzene rings is 1. The zero-order valence-corrected chi connectivity index (χ0v) is 11.8. The first-order valence-electron chi connectivity index (χ1n) is 6.14. The lowest BCUT2D eigenvalue weighted by atomic mass is 9.88. The van der Waals surface area contributed by atoms with Gasteiger partial charge >= 0.3 is 0 Å². The van der Waals surface area contributed by atoms with Crippen LogP contribution in [0.3, 0.4) is 0 Å². The molecule has 1 atom stereocenters. The molecule has 0 heterocycles. The number of carbonyl (C=O) groups is 1. The van der Waals surface area contributed by atoms with Gasteiger partial charge < -0.3 is 10.7 Å². The minimum Gasteiger partial charge on any atom is -0.349 e. The smallest absolute Gasteiger partial charge is 0.253 e. The zero-order valence-electron chi connectivity index (χ0n) is 11.8. The van der Waals surface area contributed by atoms with Crippen molar-refractivity contribution in [3.63, 3.8) is 0 Å². The molecule has 4 nitrogen and oxygen atoms in total. The van der Waals surface area contributed by atoms with Crippen molar-refractivity contribution in [1.29, 1.82) is 0 Å². The van der Waals surface area contributed by atoms with E-state index in [4.69, 9.17) is 5.84 Å². The van der Waals surface area contributed by atoms with E-state index in [-0.39, 0.29) is 17.4 Å². The van der Waals surface area contributed by atoms with Crippen LogP contribution in [-0.4, -0.2) is 11.9 Å². The predicted molar refractivity (Wildman–Crippen MR) is 75.4 cm³/mol. The minimum atomic E-state index is -0.103. The molecule has 0 saturated heterocycles. The largest absolute Gasteiger partial charge is 0.349 e. The van der Waals surface area contributed by atoms with Gasteiger partial charge in [-0.15, -0.1) is 0 Å². The fourth-order valence-electron chi connectivity index (χ4n) is 1.46. The highest BCUT2D eigenvalue weighted by Gasteiger charge is 2.23. The van der Waals surface area contributed by atoms with Gasteiger partial charge in [0.2, 0.25) is 0 Å². The zero-order chi connectivity index (χ0) is 13.9. The monoisotopic (exact) mass is 249 g/mol. The van der Waals surface area contributed by atoms with Gasteiger partial charge in [-0.25, -0.2) is 0 Å². The Morgan fingerprint density at radius 1 is 1.33 bits per heavy atom. The molecule has 1 aromatic rings. The first kappa shape index (κ1) is 14.5. The van der Waals surface area contributed by atoms with Crippen molar-refractivity contribution in [2.45, 2.75) is 40.7 Å². The summed E-state index contributed by atoms with van der Waals surface area (Å²) in [5, 5.41) is 3.00. The molecule has 1 aromatic carbocycles. The van der Waals surface area contributed by atoms with E-state index < -0.39 is 0 Å². The number of hydrazine groups is 1.